The third-order valence-corrected chi connectivity index (χ3v) is 5.96. The van der Waals surface area contributed by atoms with Gasteiger partial charge in [-0.15, -0.1) is 0 Å². The molecule has 0 aliphatic carbocycles. The number of rotatable bonds is 4. The highest BCUT2D eigenvalue weighted by molar-refractivity contribution is 8.00. The van der Waals surface area contributed by atoms with Crippen LogP contribution < -0.4 is 5.32 Å². The molecule has 1 aromatic carbocycles. The number of aryl methyl sites for hydroxylation is 1. The maximum absolute atomic E-state index is 6.35. The molecule has 2 unspecified atom stereocenters. The fourth-order valence-electron chi connectivity index (χ4n) is 2.74. The summed E-state index contributed by atoms with van der Waals surface area (Å²) in [5.41, 5.74) is 2.49. The summed E-state index contributed by atoms with van der Waals surface area (Å²) in [5, 5.41) is 4.40. The average molecular weight is 284 g/mol. The van der Waals surface area contributed by atoms with E-state index in [-0.39, 0.29) is 0 Å². The quantitative estimate of drug-likeness (QED) is 0.894. The van der Waals surface area contributed by atoms with Crippen molar-refractivity contribution < 1.29 is 0 Å². The molecule has 18 heavy (non-hydrogen) atoms. The Kier molecular flexibility index (Phi) is 4.63. The van der Waals surface area contributed by atoms with E-state index in [1.165, 1.54) is 29.7 Å². The van der Waals surface area contributed by atoms with E-state index in [4.69, 9.17) is 11.6 Å². The van der Waals surface area contributed by atoms with Crippen molar-refractivity contribution in [3.05, 3.63) is 34.3 Å². The minimum Gasteiger partial charge on any atom is -0.315 e. The second-order valence-electron chi connectivity index (χ2n) is 5.40. The van der Waals surface area contributed by atoms with E-state index in [0.29, 0.717) is 10.8 Å². The van der Waals surface area contributed by atoms with Gasteiger partial charge in [0, 0.05) is 15.8 Å². The Morgan fingerprint density at radius 3 is 2.83 bits per heavy atom. The van der Waals surface area contributed by atoms with Crippen LogP contribution >= 0.6 is 23.4 Å². The van der Waals surface area contributed by atoms with Gasteiger partial charge in [0.1, 0.15) is 0 Å². The van der Waals surface area contributed by atoms with Gasteiger partial charge < -0.3 is 5.32 Å². The molecule has 2 rings (SSSR count). The number of hydrogen-bond donors (Lipinski definition) is 1. The zero-order chi connectivity index (χ0) is 13.2. The summed E-state index contributed by atoms with van der Waals surface area (Å²) in [6.45, 7) is 4.47. The summed E-state index contributed by atoms with van der Waals surface area (Å²) in [6.07, 6.45) is 3.65. The summed E-state index contributed by atoms with van der Waals surface area (Å²) in [6, 6.07) is 6.88. The molecular formula is C15H22ClNS. The first-order valence-corrected chi connectivity index (χ1v) is 7.98. The smallest absolute Gasteiger partial charge is 0.0441 e. The number of halogens is 1. The highest BCUT2D eigenvalue weighted by Crippen LogP contribution is 2.41. The van der Waals surface area contributed by atoms with Gasteiger partial charge in [-0.1, -0.05) is 23.7 Å². The first-order valence-electron chi connectivity index (χ1n) is 6.61. The summed E-state index contributed by atoms with van der Waals surface area (Å²) >= 11 is 8.45. The van der Waals surface area contributed by atoms with Crippen LogP contribution in [0.1, 0.15) is 30.9 Å². The normalized spacial score (nSPS) is 25.3. The van der Waals surface area contributed by atoms with E-state index < -0.39 is 0 Å². The Bertz CT molecular complexity index is 413. The molecule has 1 heterocycles. The lowest BCUT2D eigenvalue weighted by Gasteiger charge is -2.33. The lowest BCUT2D eigenvalue weighted by atomic mass is 9.90. The second kappa shape index (κ2) is 5.85. The fraction of sp³-hybridized carbons (Fsp3) is 0.600. The van der Waals surface area contributed by atoms with Crippen LogP contribution in [-0.4, -0.2) is 23.6 Å². The Morgan fingerprint density at radius 1 is 1.50 bits per heavy atom. The van der Waals surface area contributed by atoms with Gasteiger partial charge in [0.15, 0.2) is 0 Å². The van der Waals surface area contributed by atoms with E-state index in [1.54, 1.807) is 0 Å². The summed E-state index contributed by atoms with van der Waals surface area (Å²) in [4.78, 5) is 0. The van der Waals surface area contributed by atoms with Gasteiger partial charge in [-0.25, -0.2) is 0 Å². The lowest BCUT2D eigenvalue weighted by molar-refractivity contribution is 0.424. The van der Waals surface area contributed by atoms with Crippen LogP contribution in [0.5, 0.6) is 0 Å². The number of hydrogen-bond acceptors (Lipinski definition) is 2. The minimum absolute atomic E-state index is 0.350. The van der Waals surface area contributed by atoms with Crippen LogP contribution in [0.2, 0.25) is 5.02 Å². The molecule has 1 fully saturated rings. The molecule has 0 radical (unpaired) electrons. The number of benzene rings is 1. The van der Waals surface area contributed by atoms with Gasteiger partial charge >= 0.3 is 0 Å². The van der Waals surface area contributed by atoms with E-state index in [0.717, 1.165) is 11.4 Å². The first kappa shape index (κ1) is 14.2. The maximum Gasteiger partial charge on any atom is 0.0441 e. The topological polar surface area (TPSA) is 12.0 Å². The molecule has 1 saturated heterocycles. The van der Waals surface area contributed by atoms with Gasteiger partial charge in [0.25, 0.3) is 0 Å². The van der Waals surface area contributed by atoms with Crippen LogP contribution in [0.25, 0.3) is 0 Å². The summed E-state index contributed by atoms with van der Waals surface area (Å²) < 4.78 is 0.350. The molecule has 0 aromatic heterocycles. The Balaban J connectivity index is 2.15. The van der Waals surface area contributed by atoms with Crippen molar-refractivity contribution in [3.8, 4) is 0 Å². The molecule has 1 aliphatic rings. The van der Waals surface area contributed by atoms with Crippen LogP contribution in [0, 0.1) is 6.92 Å². The van der Waals surface area contributed by atoms with Crippen molar-refractivity contribution in [1.29, 1.82) is 0 Å². The van der Waals surface area contributed by atoms with Crippen molar-refractivity contribution >= 4 is 23.4 Å². The maximum atomic E-state index is 6.35. The monoisotopic (exact) mass is 283 g/mol. The van der Waals surface area contributed by atoms with Crippen molar-refractivity contribution in [1.82, 2.24) is 5.32 Å². The van der Waals surface area contributed by atoms with Crippen molar-refractivity contribution in [3.63, 3.8) is 0 Å². The lowest BCUT2D eigenvalue weighted by Crippen LogP contribution is -2.45. The van der Waals surface area contributed by atoms with Gasteiger partial charge in [0.2, 0.25) is 0 Å². The highest BCUT2D eigenvalue weighted by atomic mass is 35.5. The molecule has 3 heteroatoms. The van der Waals surface area contributed by atoms with Gasteiger partial charge in [-0.3, -0.25) is 0 Å². The molecular weight excluding hydrogens is 262 g/mol. The van der Waals surface area contributed by atoms with Crippen LogP contribution in [0.15, 0.2) is 18.2 Å². The van der Waals surface area contributed by atoms with Crippen LogP contribution in [0.4, 0.5) is 0 Å². The molecule has 2 atom stereocenters. The Labute approximate surface area is 120 Å². The van der Waals surface area contributed by atoms with Gasteiger partial charge in [-0.2, -0.15) is 11.8 Å². The third kappa shape index (κ3) is 3.04. The fourth-order valence-corrected chi connectivity index (χ4v) is 4.49. The van der Waals surface area contributed by atoms with Crippen LogP contribution in [-0.2, 0) is 6.42 Å². The summed E-state index contributed by atoms with van der Waals surface area (Å²) in [7, 11) is 2.07. The average Bonchev–Trinajstić information content (AvgIpc) is 2.76. The zero-order valence-corrected chi connectivity index (χ0v) is 13.0. The largest absolute Gasteiger partial charge is 0.315 e. The van der Waals surface area contributed by atoms with Crippen molar-refractivity contribution in [2.45, 2.75) is 43.9 Å². The highest BCUT2D eigenvalue weighted by Gasteiger charge is 2.37. The standard InChI is InChI=1S/C15H22ClNS/c1-11-5-6-12(13(16)9-11)10-14(17-3)15(2)7-4-8-18-15/h5-6,9,14,17H,4,7-8,10H2,1-3H3. The molecule has 100 valence electrons. The number of nitrogens with one attached hydrogen (secondary N) is 1. The Morgan fingerprint density at radius 2 is 2.28 bits per heavy atom. The van der Waals surface area contributed by atoms with E-state index in [2.05, 4.69) is 56.2 Å². The molecule has 0 bridgehead atoms. The number of likely N-dealkylation sites (N-methyl/N-ethyl adjacent to an activating group) is 1. The molecule has 1 aromatic rings. The Hall–Kier alpha value is -0.180. The van der Waals surface area contributed by atoms with E-state index >= 15 is 0 Å². The van der Waals surface area contributed by atoms with Gasteiger partial charge in [0.05, 0.1) is 0 Å². The van der Waals surface area contributed by atoms with Crippen molar-refractivity contribution in [2.24, 2.45) is 0 Å². The molecule has 0 saturated carbocycles. The zero-order valence-electron chi connectivity index (χ0n) is 11.4. The molecule has 0 amide bonds. The predicted molar refractivity (Wildman–Crippen MR) is 82.8 cm³/mol. The minimum atomic E-state index is 0.350. The molecule has 1 aliphatic heterocycles. The molecule has 0 spiro atoms. The number of thioether (sulfide) groups is 1. The SMILES string of the molecule is CNC(Cc1ccc(C)cc1Cl)C1(C)CCCS1. The first-order chi connectivity index (χ1) is 8.55. The van der Waals surface area contributed by atoms with E-state index in [9.17, 15) is 0 Å². The van der Waals surface area contributed by atoms with Gasteiger partial charge in [-0.05, 0) is 63.1 Å². The predicted octanol–water partition coefficient (Wildman–Crippen LogP) is 4.06. The third-order valence-electron chi connectivity index (χ3n) is 3.97. The van der Waals surface area contributed by atoms with Crippen LogP contribution in [0.3, 0.4) is 0 Å². The van der Waals surface area contributed by atoms with E-state index in [1.807, 2.05) is 0 Å². The molecule has 1 nitrogen and oxygen atoms in total. The van der Waals surface area contributed by atoms with Crippen molar-refractivity contribution in [2.75, 3.05) is 12.8 Å². The molecule has 1 N–H and O–H groups in total. The second-order valence-corrected chi connectivity index (χ2v) is 7.44. The summed E-state index contributed by atoms with van der Waals surface area (Å²) in [5.74, 6) is 1.29.